The molecule has 0 aliphatic heterocycles. The van der Waals surface area contributed by atoms with Crippen LogP contribution in [0.15, 0.2) is 5.16 Å². The molecule has 4 saturated carbocycles. The van der Waals surface area contributed by atoms with Gasteiger partial charge in [0, 0.05) is 30.9 Å². The molecule has 6 heteroatoms. The Balaban J connectivity index is 1.64. The molecule has 0 heterocycles. The second-order valence-corrected chi connectivity index (χ2v) is 10.1. The first-order chi connectivity index (χ1) is 13.4. The summed E-state index contributed by atoms with van der Waals surface area (Å²) in [4.78, 5) is 17.9. The van der Waals surface area contributed by atoms with E-state index in [1.165, 1.54) is 0 Å². The highest BCUT2D eigenvalue weighted by Gasteiger charge is 2.64. The lowest BCUT2D eigenvalue weighted by Crippen LogP contribution is -2.62. The highest BCUT2D eigenvalue weighted by molar-refractivity contribution is 5.87. The predicted octanol–water partition coefficient (Wildman–Crippen LogP) is 2.12. The van der Waals surface area contributed by atoms with Gasteiger partial charge in [-0.05, 0) is 67.6 Å². The summed E-state index contributed by atoms with van der Waals surface area (Å²) in [6.45, 7) is 5.33. The molecule has 0 bridgehead atoms. The van der Waals surface area contributed by atoms with Crippen molar-refractivity contribution in [1.82, 2.24) is 0 Å². The van der Waals surface area contributed by atoms with Crippen molar-refractivity contribution in [2.75, 3.05) is 19.8 Å². The van der Waals surface area contributed by atoms with Gasteiger partial charge in [-0.3, -0.25) is 4.79 Å². The number of nitrogens with zero attached hydrogens (tertiary/aromatic N) is 1. The molecule has 0 amide bonds. The van der Waals surface area contributed by atoms with Gasteiger partial charge in [-0.15, -0.1) is 0 Å². The molecule has 4 fully saturated rings. The largest absolute Gasteiger partial charge is 0.396 e. The highest BCUT2D eigenvalue weighted by atomic mass is 16.6. The molecule has 0 aromatic carbocycles. The Labute approximate surface area is 167 Å². The van der Waals surface area contributed by atoms with Crippen molar-refractivity contribution in [2.24, 2.45) is 51.3 Å². The van der Waals surface area contributed by atoms with Gasteiger partial charge in [-0.1, -0.05) is 19.0 Å². The quantitative estimate of drug-likeness (QED) is 0.502. The predicted molar refractivity (Wildman–Crippen MR) is 107 cm³/mol. The number of fused-ring (bicyclic) bond motifs is 5. The van der Waals surface area contributed by atoms with Crippen LogP contribution in [0.4, 0.5) is 0 Å². The van der Waals surface area contributed by atoms with Crippen LogP contribution in [-0.2, 0) is 9.63 Å². The van der Waals surface area contributed by atoms with Crippen molar-refractivity contribution >= 4 is 11.5 Å². The Kier molecular flexibility index (Phi) is 5.34. The van der Waals surface area contributed by atoms with Crippen LogP contribution in [0.3, 0.4) is 0 Å². The minimum atomic E-state index is -0.548. The number of aliphatic hydroxyl groups excluding tert-OH is 2. The molecule has 158 valence electrons. The summed E-state index contributed by atoms with van der Waals surface area (Å²) < 4.78 is 0. The van der Waals surface area contributed by atoms with Gasteiger partial charge >= 0.3 is 0 Å². The summed E-state index contributed by atoms with van der Waals surface area (Å²) >= 11 is 0. The van der Waals surface area contributed by atoms with Crippen molar-refractivity contribution < 1.29 is 19.8 Å². The molecule has 8 unspecified atom stereocenters. The SMILES string of the molecule is CC12CCC3C(C(O)C(CO)C4CC(=NOCCN)CCC43C)C1CCC2=O. The minimum absolute atomic E-state index is 0.0149. The first-order valence-corrected chi connectivity index (χ1v) is 11.1. The van der Waals surface area contributed by atoms with Gasteiger partial charge in [-0.2, -0.15) is 0 Å². The molecule has 0 saturated heterocycles. The number of Topliss-reactive ketones (excluding diaryl/α,β-unsaturated/α-hetero) is 1. The van der Waals surface area contributed by atoms with Crippen LogP contribution >= 0.6 is 0 Å². The van der Waals surface area contributed by atoms with Crippen LogP contribution in [-0.4, -0.2) is 47.6 Å². The van der Waals surface area contributed by atoms with Gasteiger partial charge in [0.15, 0.2) is 0 Å². The topological polar surface area (TPSA) is 105 Å². The van der Waals surface area contributed by atoms with Crippen LogP contribution in [0.2, 0.25) is 0 Å². The second-order valence-electron chi connectivity index (χ2n) is 10.1. The van der Waals surface area contributed by atoms with E-state index in [4.69, 9.17) is 10.6 Å². The van der Waals surface area contributed by atoms with Gasteiger partial charge in [0.05, 0.1) is 11.8 Å². The Hall–Kier alpha value is -0.980. The molecule has 6 nitrogen and oxygen atoms in total. The maximum atomic E-state index is 12.6. The number of nitrogens with two attached hydrogens (primary N) is 1. The lowest BCUT2D eigenvalue weighted by Gasteiger charge is -2.63. The third kappa shape index (κ3) is 2.86. The summed E-state index contributed by atoms with van der Waals surface area (Å²) in [7, 11) is 0. The Morgan fingerprint density at radius 2 is 1.96 bits per heavy atom. The normalized spacial score (nSPS) is 49.5. The van der Waals surface area contributed by atoms with E-state index in [1.54, 1.807) is 0 Å². The fourth-order valence-electron chi connectivity index (χ4n) is 7.53. The van der Waals surface area contributed by atoms with Crippen molar-refractivity contribution in [3.05, 3.63) is 0 Å². The van der Waals surface area contributed by atoms with E-state index in [1.807, 2.05) is 0 Å². The molecular weight excluding hydrogens is 356 g/mol. The summed E-state index contributed by atoms with van der Waals surface area (Å²) in [6, 6.07) is 0. The third-order valence-corrected chi connectivity index (χ3v) is 9.11. The average Bonchev–Trinajstić information content (AvgIpc) is 2.98. The smallest absolute Gasteiger partial charge is 0.139 e. The van der Waals surface area contributed by atoms with E-state index in [9.17, 15) is 15.0 Å². The highest BCUT2D eigenvalue weighted by Crippen LogP contribution is 2.66. The van der Waals surface area contributed by atoms with Gasteiger partial charge < -0.3 is 20.8 Å². The molecule has 8 atom stereocenters. The monoisotopic (exact) mass is 392 g/mol. The second kappa shape index (κ2) is 7.37. The molecule has 0 aromatic heterocycles. The number of rotatable bonds is 4. The summed E-state index contributed by atoms with van der Waals surface area (Å²) in [5.74, 6) is 1.20. The number of aliphatic hydroxyl groups is 2. The lowest BCUT2D eigenvalue weighted by atomic mass is 9.42. The average molecular weight is 393 g/mol. The zero-order valence-corrected chi connectivity index (χ0v) is 17.3. The van der Waals surface area contributed by atoms with Crippen LogP contribution in [0.5, 0.6) is 0 Å². The number of hydrogen-bond acceptors (Lipinski definition) is 6. The van der Waals surface area contributed by atoms with Crippen molar-refractivity contribution in [1.29, 1.82) is 0 Å². The van der Waals surface area contributed by atoms with Gasteiger partial charge in [0.1, 0.15) is 12.4 Å². The number of ketones is 1. The molecule has 4 rings (SSSR count). The molecule has 0 spiro atoms. The Morgan fingerprint density at radius 3 is 2.68 bits per heavy atom. The molecule has 4 aliphatic rings. The molecule has 4 aliphatic carbocycles. The fraction of sp³-hybridized carbons (Fsp3) is 0.909. The van der Waals surface area contributed by atoms with E-state index in [0.29, 0.717) is 31.3 Å². The fourth-order valence-corrected chi connectivity index (χ4v) is 7.53. The lowest BCUT2D eigenvalue weighted by molar-refractivity contribution is -0.188. The number of carbonyl (C=O) groups is 1. The van der Waals surface area contributed by atoms with Gasteiger partial charge in [0.25, 0.3) is 0 Å². The zero-order chi connectivity index (χ0) is 20.1. The van der Waals surface area contributed by atoms with E-state index in [0.717, 1.165) is 44.2 Å². The zero-order valence-electron chi connectivity index (χ0n) is 17.3. The summed E-state index contributed by atoms with van der Waals surface area (Å²) in [5.41, 5.74) is 6.30. The third-order valence-electron chi connectivity index (χ3n) is 9.11. The van der Waals surface area contributed by atoms with Crippen molar-refractivity contribution in [2.45, 2.75) is 64.9 Å². The number of oxime groups is 1. The van der Waals surface area contributed by atoms with Crippen LogP contribution in [0.25, 0.3) is 0 Å². The molecule has 28 heavy (non-hydrogen) atoms. The van der Waals surface area contributed by atoms with Gasteiger partial charge in [-0.25, -0.2) is 0 Å². The maximum absolute atomic E-state index is 12.6. The Bertz CT molecular complexity index is 652. The van der Waals surface area contributed by atoms with Crippen LogP contribution < -0.4 is 5.73 Å². The summed E-state index contributed by atoms with van der Waals surface area (Å²) in [5, 5.41) is 26.0. The van der Waals surface area contributed by atoms with E-state index < -0.39 is 6.10 Å². The van der Waals surface area contributed by atoms with Crippen molar-refractivity contribution in [3.63, 3.8) is 0 Å². The molecule has 0 radical (unpaired) electrons. The van der Waals surface area contributed by atoms with Crippen LogP contribution in [0.1, 0.15) is 58.8 Å². The standard InChI is InChI=1S/C22H36N2O4/c1-21-7-5-13(24-28-10-9-23)11-17(21)14(12-25)20(27)19-15-3-4-18(26)22(15,2)8-6-16(19)21/h14-17,19-20,25,27H,3-12,23H2,1-2H3. The Morgan fingerprint density at radius 1 is 1.18 bits per heavy atom. The van der Waals surface area contributed by atoms with Gasteiger partial charge in [0.2, 0.25) is 0 Å². The first-order valence-electron chi connectivity index (χ1n) is 11.1. The molecule has 4 N–H and O–H groups in total. The van der Waals surface area contributed by atoms with E-state index in [-0.39, 0.29) is 41.1 Å². The van der Waals surface area contributed by atoms with Crippen LogP contribution in [0, 0.1) is 40.4 Å². The summed E-state index contributed by atoms with van der Waals surface area (Å²) in [6.07, 6.45) is 5.61. The first kappa shape index (κ1) is 20.3. The molecular formula is C22H36N2O4. The number of hydrogen-bond donors (Lipinski definition) is 3. The van der Waals surface area contributed by atoms with Crippen molar-refractivity contribution in [3.8, 4) is 0 Å². The number of carbonyl (C=O) groups excluding carboxylic acids is 1. The maximum Gasteiger partial charge on any atom is 0.139 e. The molecule has 0 aromatic rings. The van der Waals surface area contributed by atoms with E-state index >= 15 is 0 Å². The van der Waals surface area contributed by atoms with E-state index in [2.05, 4.69) is 19.0 Å². The minimum Gasteiger partial charge on any atom is -0.396 e.